The average molecular weight is 158 g/mol. The molecule has 0 aromatic carbocycles. The number of aldehydes is 1. The summed E-state index contributed by atoms with van der Waals surface area (Å²) >= 11 is 0. The second-order valence-electron chi connectivity index (χ2n) is 3.50. The summed E-state index contributed by atoms with van der Waals surface area (Å²) in [5, 5.41) is 9.35. The molecular weight excluding hydrogens is 140 g/mol. The topological polar surface area (TPSA) is 37.3 Å². The van der Waals surface area contributed by atoms with E-state index in [0.29, 0.717) is 5.92 Å². The second-order valence-corrected chi connectivity index (χ2v) is 3.50. The van der Waals surface area contributed by atoms with Gasteiger partial charge in [0.1, 0.15) is 6.29 Å². The van der Waals surface area contributed by atoms with Crippen molar-refractivity contribution in [1.82, 2.24) is 0 Å². The van der Waals surface area contributed by atoms with Crippen LogP contribution in [0.25, 0.3) is 0 Å². The molecule has 0 heterocycles. The zero-order valence-corrected chi connectivity index (χ0v) is 7.58. The second kappa shape index (κ2) is 5.30. The summed E-state index contributed by atoms with van der Waals surface area (Å²) in [5.74, 6) is 0.386. The van der Waals surface area contributed by atoms with Crippen LogP contribution in [0, 0.1) is 11.8 Å². The highest BCUT2D eigenvalue weighted by Gasteiger charge is 2.10. The minimum absolute atomic E-state index is 0.0865. The van der Waals surface area contributed by atoms with Crippen LogP contribution in [0.3, 0.4) is 0 Å². The third-order valence-electron chi connectivity index (χ3n) is 1.92. The lowest BCUT2D eigenvalue weighted by atomic mass is 9.98. The first-order valence-electron chi connectivity index (χ1n) is 4.21. The first-order chi connectivity index (χ1) is 5.07. The Morgan fingerprint density at radius 2 is 1.82 bits per heavy atom. The van der Waals surface area contributed by atoms with Crippen LogP contribution in [-0.2, 0) is 4.79 Å². The van der Waals surface area contributed by atoms with Gasteiger partial charge in [-0.3, -0.25) is 0 Å². The molecule has 0 amide bonds. The Labute approximate surface area is 68.6 Å². The molecule has 2 atom stereocenters. The molecule has 0 saturated carbocycles. The van der Waals surface area contributed by atoms with Gasteiger partial charge in [-0.1, -0.05) is 20.8 Å². The summed E-state index contributed by atoms with van der Waals surface area (Å²) in [6.07, 6.45) is 2.21. The lowest BCUT2D eigenvalue weighted by Gasteiger charge is -2.14. The molecule has 66 valence electrons. The van der Waals surface area contributed by atoms with E-state index in [-0.39, 0.29) is 12.0 Å². The molecule has 0 radical (unpaired) electrons. The monoisotopic (exact) mass is 158 g/mol. The third-order valence-corrected chi connectivity index (χ3v) is 1.92. The van der Waals surface area contributed by atoms with E-state index in [2.05, 4.69) is 0 Å². The van der Waals surface area contributed by atoms with Gasteiger partial charge in [-0.25, -0.2) is 0 Å². The Morgan fingerprint density at radius 3 is 2.18 bits per heavy atom. The Balaban J connectivity index is 3.45. The maximum Gasteiger partial charge on any atom is 0.122 e. The molecule has 2 heteroatoms. The van der Waals surface area contributed by atoms with Crippen molar-refractivity contribution in [3.8, 4) is 0 Å². The van der Waals surface area contributed by atoms with Crippen LogP contribution in [0.5, 0.6) is 0 Å². The highest BCUT2D eigenvalue weighted by Crippen LogP contribution is 2.11. The van der Waals surface area contributed by atoms with Gasteiger partial charge in [-0.2, -0.15) is 0 Å². The summed E-state index contributed by atoms with van der Waals surface area (Å²) in [6, 6.07) is 0. The van der Waals surface area contributed by atoms with Gasteiger partial charge in [-0.05, 0) is 18.8 Å². The molecule has 0 aromatic rings. The summed E-state index contributed by atoms with van der Waals surface area (Å²) in [4.78, 5) is 10.2. The number of hydrogen-bond donors (Lipinski definition) is 1. The molecule has 0 aliphatic rings. The van der Waals surface area contributed by atoms with Crippen LogP contribution in [0.15, 0.2) is 0 Å². The first kappa shape index (κ1) is 10.6. The summed E-state index contributed by atoms with van der Waals surface area (Å²) in [6.45, 7) is 5.84. The van der Waals surface area contributed by atoms with Crippen LogP contribution in [0.2, 0.25) is 0 Å². The molecule has 1 N–H and O–H groups in total. The van der Waals surface area contributed by atoms with Gasteiger partial charge in [0.15, 0.2) is 0 Å². The molecular formula is C9H18O2. The lowest BCUT2D eigenvalue weighted by molar-refractivity contribution is -0.111. The highest BCUT2D eigenvalue weighted by molar-refractivity contribution is 5.52. The Hall–Kier alpha value is -0.370. The highest BCUT2D eigenvalue weighted by atomic mass is 16.3. The first-order valence-corrected chi connectivity index (χ1v) is 4.21. The summed E-state index contributed by atoms with van der Waals surface area (Å²) in [7, 11) is 0. The van der Waals surface area contributed by atoms with Gasteiger partial charge >= 0.3 is 0 Å². The Kier molecular flexibility index (Phi) is 5.12. The fraction of sp³-hybridized carbons (Fsp3) is 0.889. The standard InChI is InChI=1S/C9H18O2/c1-7(2)9(11)5-4-8(3)6-10/h6-9,11H,4-5H2,1-3H3. The van der Waals surface area contributed by atoms with Gasteiger partial charge in [0.25, 0.3) is 0 Å². The van der Waals surface area contributed by atoms with Crippen molar-refractivity contribution in [3.63, 3.8) is 0 Å². The van der Waals surface area contributed by atoms with E-state index in [9.17, 15) is 9.90 Å². The fourth-order valence-corrected chi connectivity index (χ4v) is 0.835. The number of aliphatic hydroxyl groups excluding tert-OH is 1. The van der Waals surface area contributed by atoms with Crippen molar-refractivity contribution >= 4 is 6.29 Å². The van der Waals surface area contributed by atoms with Crippen LogP contribution >= 0.6 is 0 Å². The van der Waals surface area contributed by atoms with Crippen molar-refractivity contribution < 1.29 is 9.90 Å². The summed E-state index contributed by atoms with van der Waals surface area (Å²) in [5.41, 5.74) is 0. The van der Waals surface area contributed by atoms with Crippen LogP contribution in [0.1, 0.15) is 33.6 Å². The van der Waals surface area contributed by atoms with Gasteiger partial charge in [0, 0.05) is 5.92 Å². The molecule has 0 rings (SSSR count). The number of aliphatic hydroxyl groups is 1. The average Bonchev–Trinajstić information content (AvgIpc) is 1.99. The largest absolute Gasteiger partial charge is 0.393 e. The van der Waals surface area contributed by atoms with E-state index >= 15 is 0 Å². The number of rotatable bonds is 5. The van der Waals surface area contributed by atoms with E-state index in [0.717, 1.165) is 19.1 Å². The van der Waals surface area contributed by atoms with Crippen LogP contribution < -0.4 is 0 Å². The van der Waals surface area contributed by atoms with E-state index in [4.69, 9.17) is 0 Å². The SMILES string of the molecule is CC(C=O)CCC(O)C(C)C. The minimum atomic E-state index is -0.252. The predicted molar refractivity (Wildman–Crippen MR) is 45.3 cm³/mol. The maximum absolute atomic E-state index is 10.2. The Bertz CT molecular complexity index is 110. The Morgan fingerprint density at radius 1 is 1.27 bits per heavy atom. The molecule has 11 heavy (non-hydrogen) atoms. The number of hydrogen-bond acceptors (Lipinski definition) is 2. The van der Waals surface area contributed by atoms with Crippen molar-refractivity contribution in [2.45, 2.75) is 39.7 Å². The van der Waals surface area contributed by atoms with Gasteiger partial charge in [0.2, 0.25) is 0 Å². The van der Waals surface area contributed by atoms with Crippen molar-refractivity contribution in [2.24, 2.45) is 11.8 Å². The quantitative estimate of drug-likeness (QED) is 0.617. The number of carbonyl (C=O) groups excluding carboxylic acids is 1. The van der Waals surface area contributed by atoms with E-state index < -0.39 is 0 Å². The molecule has 0 aliphatic carbocycles. The van der Waals surface area contributed by atoms with Crippen molar-refractivity contribution in [3.05, 3.63) is 0 Å². The molecule has 0 aliphatic heterocycles. The zero-order valence-electron chi connectivity index (χ0n) is 7.58. The van der Waals surface area contributed by atoms with E-state index in [1.807, 2.05) is 20.8 Å². The van der Waals surface area contributed by atoms with Gasteiger partial charge in [0.05, 0.1) is 6.10 Å². The van der Waals surface area contributed by atoms with Crippen LogP contribution in [-0.4, -0.2) is 17.5 Å². The van der Waals surface area contributed by atoms with Gasteiger partial charge in [-0.15, -0.1) is 0 Å². The molecule has 0 spiro atoms. The molecule has 0 saturated heterocycles. The normalized spacial score (nSPS) is 16.5. The van der Waals surface area contributed by atoms with Crippen molar-refractivity contribution in [1.29, 1.82) is 0 Å². The lowest BCUT2D eigenvalue weighted by Crippen LogP contribution is -2.15. The minimum Gasteiger partial charge on any atom is -0.393 e. The molecule has 0 aromatic heterocycles. The molecule has 2 nitrogen and oxygen atoms in total. The van der Waals surface area contributed by atoms with Gasteiger partial charge < -0.3 is 9.90 Å². The zero-order chi connectivity index (χ0) is 8.85. The predicted octanol–water partition coefficient (Wildman–Crippen LogP) is 1.62. The molecule has 0 fully saturated rings. The molecule has 0 bridgehead atoms. The fourth-order valence-electron chi connectivity index (χ4n) is 0.835. The third kappa shape index (κ3) is 4.96. The molecule has 2 unspecified atom stereocenters. The van der Waals surface area contributed by atoms with Crippen LogP contribution in [0.4, 0.5) is 0 Å². The summed E-state index contributed by atoms with van der Waals surface area (Å²) < 4.78 is 0. The van der Waals surface area contributed by atoms with Crippen molar-refractivity contribution in [2.75, 3.05) is 0 Å². The number of carbonyl (C=O) groups is 1. The van der Waals surface area contributed by atoms with E-state index in [1.54, 1.807) is 0 Å². The maximum atomic E-state index is 10.2. The van der Waals surface area contributed by atoms with E-state index in [1.165, 1.54) is 0 Å². The smallest absolute Gasteiger partial charge is 0.122 e.